The van der Waals surface area contributed by atoms with E-state index in [1.54, 1.807) is 44.2 Å². The number of benzene rings is 2. The molecule has 1 aliphatic carbocycles. The zero-order valence-corrected chi connectivity index (χ0v) is 39.1. The number of cyclic esters (lactones) is 1. The van der Waals surface area contributed by atoms with Crippen LogP contribution in [0.25, 0.3) is 22.3 Å². The van der Waals surface area contributed by atoms with E-state index in [1.165, 1.54) is 21.6 Å². The Morgan fingerprint density at radius 1 is 0.944 bits per heavy atom. The number of primary amides is 1. The van der Waals surface area contributed by atoms with E-state index in [0.29, 0.717) is 33.2 Å². The van der Waals surface area contributed by atoms with Crippen molar-refractivity contribution in [2.45, 2.75) is 70.4 Å². The van der Waals surface area contributed by atoms with E-state index in [1.807, 2.05) is 0 Å². The van der Waals surface area contributed by atoms with Crippen molar-refractivity contribution in [2.24, 2.45) is 5.73 Å². The standard InChI is InChI=1S/C49H50FN9O13/c1-3-49(71)30-16-35-45-28(20-58(35)46(68)29(30)24-72-48(49)70)44-34(10-9-27-25(2)31(50)17-32(55-45)43(27)44)59(21-36(51)60)47(69)33(15-26-7-5-4-6-8-26)54-38(62)19-52-37(61)18-53-39(63)22-56(23-42(66)67)13-14-57-40(64)11-12-41(57)65/h4-8,11-12,16-17,33-34,71H,3,9-10,13-15,18-24H2,1-2H3,(H2,51,60)(H,52,61)(H,53,63)(H,54,62)(H,66,67)/t33-,34-,49-/m0/s1. The fourth-order valence-electron chi connectivity index (χ4n) is 9.82. The summed E-state index contributed by atoms with van der Waals surface area (Å²) in [5.74, 6) is -8.01. The van der Waals surface area contributed by atoms with E-state index in [4.69, 9.17) is 15.5 Å². The fraction of sp³-hybridized carbons (Fsp3) is 0.367. The van der Waals surface area contributed by atoms with Gasteiger partial charge in [0.1, 0.15) is 18.5 Å². The van der Waals surface area contributed by atoms with Crippen LogP contribution in [0.1, 0.15) is 64.8 Å². The molecule has 3 aliphatic heterocycles. The number of nitrogens with two attached hydrogens (primary N) is 1. The van der Waals surface area contributed by atoms with Crippen LogP contribution in [0, 0.1) is 12.7 Å². The molecule has 2 aromatic heterocycles. The first kappa shape index (κ1) is 50.2. The summed E-state index contributed by atoms with van der Waals surface area (Å²) in [6.07, 6.45) is 2.28. The number of pyridine rings is 2. The normalized spacial score (nSPS) is 17.8. The highest BCUT2D eigenvalue weighted by molar-refractivity contribution is 6.13. The Morgan fingerprint density at radius 3 is 2.32 bits per heavy atom. The molecule has 376 valence electrons. The number of fused-ring (bicyclic) bond motifs is 5. The Kier molecular flexibility index (Phi) is 14.1. The molecule has 23 heteroatoms. The van der Waals surface area contributed by atoms with Crippen molar-refractivity contribution in [1.29, 1.82) is 0 Å². The Hall–Kier alpha value is -8.18. The van der Waals surface area contributed by atoms with Gasteiger partial charge in [0, 0.05) is 54.2 Å². The second kappa shape index (κ2) is 20.3. The molecule has 3 atom stereocenters. The quantitative estimate of drug-likeness (QED) is 0.0432. The Bertz CT molecular complexity index is 3070. The number of nitrogens with zero attached hydrogens (tertiary/aromatic N) is 5. The molecule has 5 heterocycles. The number of aliphatic carboxylic acids is 1. The van der Waals surface area contributed by atoms with E-state index < -0.39 is 115 Å². The highest BCUT2D eigenvalue weighted by Gasteiger charge is 2.46. The maximum Gasteiger partial charge on any atom is 0.343 e. The Morgan fingerprint density at radius 2 is 1.64 bits per heavy atom. The molecule has 0 radical (unpaired) electrons. The molecular weight excluding hydrogens is 942 g/mol. The number of imide groups is 1. The average Bonchev–Trinajstić information content (AvgIpc) is 3.88. The lowest BCUT2D eigenvalue weighted by atomic mass is 9.80. The molecule has 8 rings (SSSR count). The second-order valence-electron chi connectivity index (χ2n) is 17.9. The maximum atomic E-state index is 15.7. The van der Waals surface area contributed by atoms with Gasteiger partial charge in [-0.1, -0.05) is 37.3 Å². The summed E-state index contributed by atoms with van der Waals surface area (Å²) in [5, 5.41) is 28.7. The van der Waals surface area contributed by atoms with Crippen LogP contribution in [-0.4, -0.2) is 140 Å². The summed E-state index contributed by atoms with van der Waals surface area (Å²) < 4.78 is 22.3. The third-order valence-electron chi connectivity index (χ3n) is 13.4. The zero-order valence-electron chi connectivity index (χ0n) is 39.1. The van der Waals surface area contributed by atoms with E-state index in [9.17, 15) is 53.4 Å². The Balaban J connectivity index is 1.04. The number of rotatable bonds is 19. The maximum absolute atomic E-state index is 15.7. The van der Waals surface area contributed by atoms with Crippen molar-refractivity contribution in [2.75, 3.05) is 45.8 Å². The minimum atomic E-state index is -2.13. The van der Waals surface area contributed by atoms with Crippen LogP contribution in [-0.2, 0) is 79.5 Å². The molecule has 22 nitrogen and oxygen atoms in total. The summed E-state index contributed by atoms with van der Waals surface area (Å²) >= 11 is 0. The number of carbonyl (C=O) groups is 9. The van der Waals surface area contributed by atoms with E-state index >= 15 is 9.18 Å². The number of hydrogen-bond acceptors (Lipinski definition) is 14. The lowest BCUT2D eigenvalue weighted by Crippen LogP contribution is -2.54. The summed E-state index contributed by atoms with van der Waals surface area (Å²) in [5.41, 5.74) is 6.41. The lowest BCUT2D eigenvalue weighted by molar-refractivity contribution is -0.172. The second-order valence-corrected chi connectivity index (χ2v) is 17.9. The first-order valence-electron chi connectivity index (χ1n) is 23.0. The number of ether oxygens (including phenoxy) is 1. The first-order chi connectivity index (χ1) is 34.3. The van der Waals surface area contributed by atoms with Gasteiger partial charge in [-0.05, 0) is 54.5 Å². The van der Waals surface area contributed by atoms with Gasteiger partial charge in [-0.3, -0.25) is 53.0 Å². The molecule has 7 N–H and O–H groups in total. The van der Waals surface area contributed by atoms with Crippen molar-refractivity contribution in [3.05, 3.63) is 110 Å². The third kappa shape index (κ3) is 9.79. The minimum absolute atomic E-state index is 0.0568. The van der Waals surface area contributed by atoms with E-state index in [2.05, 4.69) is 16.0 Å². The van der Waals surface area contributed by atoms with Gasteiger partial charge in [0.2, 0.25) is 29.5 Å². The van der Waals surface area contributed by atoms with Crippen LogP contribution in [0.4, 0.5) is 4.39 Å². The monoisotopic (exact) mass is 991 g/mol. The van der Waals surface area contributed by atoms with Gasteiger partial charge in [0.05, 0.1) is 67.8 Å². The van der Waals surface area contributed by atoms with Crippen molar-refractivity contribution >= 4 is 64.2 Å². The van der Waals surface area contributed by atoms with Gasteiger partial charge in [-0.25, -0.2) is 14.2 Å². The number of aliphatic hydroxyl groups is 1. The predicted octanol–water partition coefficient (Wildman–Crippen LogP) is -0.900. The summed E-state index contributed by atoms with van der Waals surface area (Å²) in [4.78, 5) is 138. The van der Waals surface area contributed by atoms with Crippen molar-refractivity contribution in [3.8, 4) is 11.4 Å². The molecular formula is C49H50FN9O13. The number of halogens is 1. The number of aromatic nitrogens is 2. The number of aryl methyl sites for hydroxylation is 1. The largest absolute Gasteiger partial charge is 0.480 e. The van der Waals surface area contributed by atoms with Crippen LogP contribution in [0.3, 0.4) is 0 Å². The fourth-order valence-corrected chi connectivity index (χ4v) is 9.82. The van der Waals surface area contributed by atoms with E-state index in [0.717, 1.165) is 22.0 Å². The van der Waals surface area contributed by atoms with Gasteiger partial charge in [0.15, 0.2) is 5.60 Å². The zero-order chi connectivity index (χ0) is 51.8. The van der Waals surface area contributed by atoms with Crippen LogP contribution < -0.4 is 27.2 Å². The first-order valence-corrected chi connectivity index (χ1v) is 23.0. The highest BCUT2D eigenvalue weighted by Crippen LogP contribution is 2.47. The number of carboxylic acids is 1. The summed E-state index contributed by atoms with van der Waals surface area (Å²) in [6.45, 7) is -0.734. The number of nitrogens with one attached hydrogen (secondary N) is 3. The van der Waals surface area contributed by atoms with E-state index in [-0.39, 0.29) is 80.0 Å². The molecule has 72 heavy (non-hydrogen) atoms. The highest BCUT2D eigenvalue weighted by atomic mass is 19.1. The van der Waals surface area contributed by atoms with Gasteiger partial charge in [0.25, 0.3) is 17.4 Å². The van der Waals surface area contributed by atoms with Gasteiger partial charge < -0.3 is 46.1 Å². The molecule has 4 aliphatic rings. The van der Waals surface area contributed by atoms with Gasteiger partial charge >= 0.3 is 11.9 Å². The van der Waals surface area contributed by atoms with Crippen molar-refractivity contribution in [3.63, 3.8) is 0 Å². The SMILES string of the molecule is CC[C@@]1(O)C(=O)OCc2c1cc1n(c2=O)Cc2c-1nc1cc(F)c(C)c3c1c2[C@@H](N(CC(N)=O)C(=O)[C@H](Cc1ccccc1)NC(=O)CNC(=O)CNC(=O)CN(CCN1C(=O)C=CC1=O)CC(=O)O)CC3. The van der Waals surface area contributed by atoms with Crippen LogP contribution in [0.2, 0.25) is 0 Å². The smallest absolute Gasteiger partial charge is 0.343 e. The van der Waals surface area contributed by atoms with Crippen LogP contribution in [0.15, 0.2) is 59.4 Å². The number of amides is 7. The number of carbonyl (C=O) groups excluding carboxylic acids is 8. The van der Waals surface area contributed by atoms with Crippen LogP contribution >= 0.6 is 0 Å². The molecule has 0 bridgehead atoms. The number of esters is 1. The number of carboxylic acid groups (broad SMARTS) is 1. The summed E-state index contributed by atoms with van der Waals surface area (Å²) in [7, 11) is 0. The summed E-state index contributed by atoms with van der Waals surface area (Å²) in [6, 6.07) is 9.04. The molecule has 2 aromatic carbocycles. The third-order valence-corrected chi connectivity index (χ3v) is 13.4. The molecule has 0 saturated heterocycles. The number of hydrogen-bond donors (Lipinski definition) is 6. The van der Waals surface area contributed by atoms with Crippen molar-refractivity contribution < 1.29 is 62.5 Å². The molecule has 0 unspecified atom stereocenters. The molecule has 0 spiro atoms. The predicted molar refractivity (Wildman–Crippen MR) is 249 cm³/mol. The van der Waals surface area contributed by atoms with Gasteiger partial charge in [-0.2, -0.15) is 0 Å². The Labute approximate surface area is 408 Å². The molecule has 7 amide bonds. The topological polar surface area (TPSA) is 310 Å². The van der Waals surface area contributed by atoms with Gasteiger partial charge in [-0.15, -0.1) is 0 Å². The average molecular weight is 992 g/mol. The van der Waals surface area contributed by atoms with Crippen molar-refractivity contribution in [1.82, 2.24) is 40.2 Å². The van der Waals surface area contributed by atoms with Crippen LogP contribution in [0.5, 0.6) is 0 Å². The minimum Gasteiger partial charge on any atom is -0.480 e. The molecule has 4 aromatic rings. The molecule has 0 saturated carbocycles. The molecule has 0 fully saturated rings. The lowest BCUT2D eigenvalue weighted by Gasteiger charge is -2.38.